The molecule has 8 heteroatoms. The fourth-order valence-corrected chi connectivity index (χ4v) is 2.68. The molecule has 0 aliphatic carbocycles. The van der Waals surface area contributed by atoms with Gasteiger partial charge in [0.05, 0.1) is 4.92 Å². The Morgan fingerprint density at radius 3 is 2.48 bits per heavy atom. The Labute approximate surface area is 161 Å². The fraction of sp³-hybridized carbons (Fsp3) is 0.158. The molecule has 0 aliphatic rings. The van der Waals surface area contributed by atoms with Gasteiger partial charge in [-0.05, 0) is 48.7 Å². The molecule has 138 valence electrons. The largest absolute Gasteiger partial charge is 0.360 e. The summed E-state index contributed by atoms with van der Waals surface area (Å²) in [6.07, 6.45) is 1.30. The minimum absolute atomic E-state index is 0.141. The quantitative estimate of drug-likeness (QED) is 0.459. The number of anilines is 3. The van der Waals surface area contributed by atoms with Gasteiger partial charge in [0.15, 0.2) is 0 Å². The molecular weight excluding hydrogens is 366 g/mol. The van der Waals surface area contributed by atoms with Crippen molar-refractivity contribution in [3.63, 3.8) is 0 Å². The Balaban J connectivity index is 1.89. The number of halogens is 1. The van der Waals surface area contributed by atoms with Gasteiger partial charge in [0.2, 0.25) is 11.6 Å². The number of benzene rings is 2. The van der Waals surface area contributed by atoms with Crippen molar-refractivity contribution in [2.75, 3.05) is 10.6 Å². The molecule has 0 saturated heterocycles. The van der Waals surface area contributed by atoms with E-state index in [0.29, 0.717) is 11.6 Å². The summed E-state index contributed by atoms with van der Waals surface area (Å²) in [6.45, 7) is 4.25. The molecule has 0 saturated carbocycles. The van der Waals surface area contributed by atoms with Crippen LogP contribution in [0.5, 0.6) is 0 Å². The smallest absolute Gasteiger partial charge is 0.353 e. The molecule has 0 bridgehead atoms. The van der Waals surface area contributed by atoms with Crippen LogP contribution in [0.15, 0.2) is 48.8 Å². The maximum absolute atomic E-state index is 11.7. The number of aryl methyl sites for hydroxylation is 2. The zero-order valence-electron chi connectivity index (χ0n) is 14.9. The summed E-state index contributed by atoms with van der Waals surface area (Å²) in [7, 11) is 0. The van der Waals surface area contributed by atoms with Crippen molar-refractivity contribution in [2.45, 2.75) is 20.4 Å². The summed E-state index contributed by atoms with van der Waals surface area (Å²) in [4.78, 5) is 19.3. The molecule has 1 heterocycles. The molecule has 2 N–H and O–H groups in total. The number of nitrogens with one attached hydrogen (secondary N) is 2. The highest BCUT2D eigenvalue weighted by molar-refractivity contribution is 6.30. The van der Waals surface area contributed by atoms with E-state index in [4.69, 9.17) is 11.6 Å². The first-order valence-electron chi connectivity index (χ1n) is 8.26. The molecule has 2 aromatic carbocycles. The topological polar surface area (TPSA) is 93.0 Å². The average molecular weight is 384 g/mol. The van der Waals surface area contributed by atoms with Gasteiger partial charge >= 0.3 is 5.69 Å². The van der Waals surface area contributed by atoms with Gasteiger partial charge in [0.1, 0.15) is 6.33 Å². The zero-order valence-corrected chi connectivity index (χ0v) is 15.6. The predicted molar refractivity (Wildman–Crippen MR) is 107 cm³/mol. The van der Waals surface area contributed by atoms with Crippen LogP contribution in [0.25, 0.3) is 0 Å². The summed E-state index contributed by atoms with van der Waals surface area (Å²) < 4.78 is 0. The standard InChI is InChI=1S/C19H18ClN5O2/c1-12-3-4-13(2)16(9-12)24-19-17(25(26)27)18(22-11-23-19)21-10-14-5-7-15(20)8-6-14/h3-9,11H,10H2,1-2H3,(H2,21,22,23,24). The number of rotatable bonds is 6. The van der Waals surface area contributed by atoms with Crippen LogP contribution in [-0.2, 0) is 6.54 Å². The fourth-order valence-electron chi connectivity index (χ4n) is 2.56. The molecule has 0 unspecified atom stereocenters. The maximum atomic E-state index is 11.7. The van der Waals surface area contributed by atoms with Crippen LogP contribution in [0, 0.1) is 24.0 Å². The molecule has 7 nitrogen and oxygen atoms in total. The second kappa shape index (κ2) is 8.01. The predicted octanol–water partition coefficient (Wildman–Crippen LogP) is 5.01. The van der Waals surface area contributed by atoms with Crippen molar-refractivity contribution >= 4 is 34.6 Å². The highest BCUT2D eigenvalue weighted by atomic mass is 35.5. The first kappa shape index (κ1) is 18.6. The van der Waals surface area contributed by atoms with Gasteiger partial charge in [0.25, 0.3) is 0 Å². The number of nitro groups is 1. The summed E-state index contributed by atoms with van der Waals surface area (Å²) in [6, 6.07) is 13.1. The third kappa shape index (κ3) is 4.51. The van der Waals surface area contributed by atoms with E-state index >= 15 is 0 Å². The Kier molecular flexibility index (Phi) is 5.52. The van der Waals surface area contributed by atoms with E-state index in [1.54, 1.807) is 12.1 Å². The van der Waals surface area contributed by atoms with E-state index in [1.807, 2.05) is 44.2 Å². The van der Waals surface area contributed by atoms with E-state index < -0.39 is 4.92 Å². The van der Waals surface area contributed by atoms with Crippen molar-refractivity contribution in [2.24, 2.45) is 0 Å². The Hall–Kier alpha value is -3.19. The molecule has 3 rings (SSSR count). The van der Waals surface area contributed by atoms with Gasteiger partial charge in [-0.15, -0.1) is 0 Å². The minimum Gasteiger partial charge on any atom is -0.360 e. The van der Waals surface area contributed by atoms with Crippen molar-refractivity contribution in [1.82, 2.24) is 9.97 Å². The highest BCUT2D eigenvalue weighted by Gasteiger charge is 2.23. The van der Waals surface area contributed by atoms with Crippen LogP contribution >= 0.6 is 11.6 Å². The van der Waals surface area contributed by atoms with E-state index in [2.05, 4.69) is 20.6 Å². The number of hydrogen-bond donors (Lipinski definition) is 2. The summed E-state index contributed by atoms with van der Waals surface area (Å²) in [5.74, 6) is 0.292. The molecule has 0 aliphatic heterocycles. The van der Waals surface area contributed by atoms with Gasteiger partial charge < -0.3 is 10.6 Å². The van der Waals surface area contributed by atoms with Crippen LogP contribution in [0.2, 0.25) is 5.02 Å². The van der Waals surface area contributed by atoms with E-state index in [-0.39, 0.29) is 17.3 Å². The van der Waals surface area contributed by atoms with E-state index in [0.717, 1.165) is 22.4 Å². The van der Waals surface area contributed by atoms with Crippen LogP contribution in [-0.4, -0.2) is 14.9 Å². The normalized spacial score (nSPS) is 10.5. The lowest BCUT2D eigenvalue weighted by atomic mass is 10.1. The lowest BCUT2D eigenvalue weighted by molar-refractivity contribution is -0.383. The summed E-state index contributed by atoms with van der Waals surface area (Å²) in [5, 5.41) is 18.4. The van der Waals surface area contributed by atoms with E-state index in [9.17, 15) is 10.1 Å². The third-order valence-electron chi connectivity index (χ3n) is 4.02. The maximum Gasteiger partial charge on any atom is 0.353 e. The Bertz CT molecular complexity index is 976. The number of hydrogen-bond acceptors (Lipinski definition) is 6. The van der Waals surface area contributed by atoms with Crippen molar-refractivity contribution < 1.29 is 4.92 Å². The molecule has 0 spiro atoms. The lowest BCUT2D eigenvalue weighted by Gasteiger charge is -2.12. The summed E-state index contributed by atoms with van der Waals surface area (Å²) in [5.41, 5.74) is 3.49. The Morgan fingerprint density at radius 1 is 1.07 bits per heavy atom. The first-order valence-corrected chi connectivity index (χ1v) is 8.64. The second-order valence-corrected chi connectivity index (χ2v) is 6.54. The third-order valence-corrected chi connectivity index (χ3v) is 4.28. The first-order chi connectivity index (χ1) is 12.9. The van der Waals surface area contributed by atoms with Crippen LogP contribution < -0.4 is 10.6 Å². The monoisotopic (exact) mass is 383 g/mol. The molecule has 1 aromatic heterocycles. The minimum atomic E-state index is -0.488. The van der Waals surface area contributed by atoms with Crippen LogP contribution in [0.4, 0.5) is 23.0 Å². The molecule has 0 amide bonds. The SMILES string of the molecule is Cc1ccc(C)c(Nc2ncnc(NCc3ccc(Cl)cc3)c2[N+](=O)[O-])c1. The molecular formula is C19H18ClN5O2. The molecule has 0 atom stereocenters. The van der Waals surface area contributed by atoms with Crippen LogP contribution in [0.1, 0.15) is 16.7 Å². The van der Waals surface area contributed by atoms with Gasteiger partial charge in [0, 0.05) is 17.3 Å². The highest BCUT2D eigenvalue weighted by Crippen LogP contribution is 2.32. The van der Waals surface area contributed by atoms with Gasteiger partial charge in [-0.1, -0.05) is 35.9 Å². The van der Waals surface area contributed by atoms with Gasteiger partial charge in [-0.2, -0.15) is 0 Å². The van der Waals surface area contributed by atoms with Crippen molar-refractivity contribution in [3.8, 4) is 0 Å². The zero-order chi connectivity index (χ0) is 19.4. The summed E-state index contributed by atoms with van der Waals surface area (Å²) >= 11 is 5.88. The average Bonchev–Trinajstić information content (AvgIpc) is 2.64. The second-order valence-electron chi connectivity index (χ2n) is 6.10. The lowest BCUT2D eigenvalue weighted by Crippen LogP contribution is -2.08. The van der Waals surface area contributed by atoms with E-state index in [1.165, 1.54) is 6.33 Å². The van der Waals surface area contributed by atoms with Crippen molar-refractivity contribution in [1.29, 1.82) is 0 Å². The van der Waals surface area contributed by atoms with Gasteiger partial charge in [-0.25, -0.2) is 9.97 Å². The Morgan fingerprint density at radius 2 is 1.78 bits per heavy atom. The number of nitrogens with zero attached hydrogens (tertiary/aromatic N) is 3. The van der Waals surface area contributed by atoms with Gasteiger partial charge in [-0.3, -0.25) is 10.1 Å². The molecule has 3 aromatic rings. The van der Waals surface area contributed by atoms with Crippen LogP contribution in [0.3, 0.4) is 0 Å². The number of aromatic nitrogens is 2. The molecule has 0 radical (unpaired) electrons. The molecule has 27 heavy (non-hydrogen) atoms. The van der Waals surface area contributed by atoms with Crippen molar-refractivity contribution in [3.05, 3.63) is 80.6 Å². The molecule has 0 fully saturated rings.